The second kappa shape index (κ2) is 5.81. The number of rotatable bonds is 3. The molecule has 0 N–H and O–H groups in total. The molecule has 118 valence electrons. The molecule has 2 aromatic carbocycles. The van der Waals surface area contributed by atoms with Crippen molar-refractivity contribution in [2.24, 2.45) is 0 Å². The Morgan fingerprint density at radius 3 is 2.25 bits per heavy atom. The van der Waals surface area contributed by atoms with Gasteiger partial charge < -0.3 is 4.90 Å². The predicted molar refractivity (Wildman–Crippen MR) is 98.2 cm³/mol. The molecule has 0 radical (unpaired) electrons. The van der Waals surface area contributed by atoms with Crippen LogP contribution in [0.5, 0.6) is 0 Å². The summed E-state index contributed by atoms with van der Waals surface area (Å²) in [5, 5.41) is 0. The summed E-state index contributed by atoms with van der Waals surface area (Å²) in [6.45, 7) is 0. The predicted octanol–water partition coefficient (Wildman–Crippen LogP) is 4.13. The van der Waals surface area contributed by atoms with Crippen molar-refractivity contribution in [3.8, 4) is 22.5 Å². The quantitative estimate of drug-likeness (QED) is 0.570. The van der Waals surface area contributed by atoms with E-state index in [1.165, 1.54) is 5.69 Å². The first-order chi connectivity index (χ1) is 11.7. The normalized spacial score (nSPS) is 10.9. The van der Waals surface area contributed by atoms with Crippen molar-refractivity contribution in [3.05, 3.63) is 73.2 Å². The van der Waals surface area contributed by atoms with Crippen molar-refractivity contribution in [2.45, 2.75) is 0 Å². The van der Waals surface area contributed by atoms with Crippen molar-refractivity contribution >= 4 is 11.3 Å². The van der Waals surface area contributed by atoms with E-state index in [0.29, 0.717) is 0 Å². The number of hydrogen-bond acceptors (Lipinski definition) is 3. The summed E-state index contributed by atoms with van der Waals surface area (Å²) in [6.07, 6.45) is 5.77. The molecule has 0 aliphatic heterocycles. The highest BCUT2D eigenvalue weighted by Crippen LogP contribution is 2.25. The van der Waals surface area contributed by atoms with E-state index in [2.05, 4.69) is 55.7 Å². The van der Waals surface area contributed by atoms with Gasteiger partial charge in [-0.3, -0.25) is 9.38 Å². The molecule has 0 spiro atoms. The highest BCUT2D eigenvalue weighted by Gasteiger charge is 2.08. The van der Waals surface area contributed by atoms with Gasteiger partial charge in [0.05, 0.1) is 23.8 Å². The second-order valence-corrected chi connectivity index (χ2v) is 5.95. The number of benzene rings is 2. The monoisotopic (exact) mass is 314 g/mol. The molecule has 0 fully saturated rings. The minimum Gasteiger partial charge on any atom is -0.378 e. The molecule has 0 saturated carbocycles. The number of hydrogen-bond donors (Lipinski definition) is 0. The van der Waals surface area contributed by atoms with Gasteiger partial charge in [-0.05, 0) is 12.1 Å². The average molecular weight is 314 g/mol. The van der Waals surface area contributed by atoms with Crippen molar-refractivity contribution in [3.63, 3.8) is 0 Å². The molecular formula is C20H18N4. The molecule has 4 rings (SSSR count). The van der Waals surface area contributed by atoms with Crippen LogP contribution in [0.3, 0.4) is 0 Å². The summed E-state index contributed by atoms with van der Waals surface area (Å²) < 4.78 is 2.10. The fraction of sp³-hybridized carbons (Fsp3) is 0.100. The zero-order chi connectivity index (χ0) is 16.5. The largest absolute Gasteiger partial charge is 0.378 e. The van der Waals surface area contributed by atoms with Gasteiger partial charge in [-0.1, -0.05) is 42.5 Å². The van der Waals surface area contributed by atoms with Crippen LogP contribution in [0.1, 0.15) is 0 Å². The zero-order valence-corrected chi connectivity index (χ0v) is 13.7. The van der Waals surface area contributed by atoms with Crippen LogP contribution in [0.4, 0.5) is 5.69 Å². The first kappa shape index (κ1) is 14.5. The van der Waals surface area contributed by atoms with Crippen LogP contribution in [0.2, 0.25) is 0 Å². The van der Waals surface area contributed by atoms with Crippen molar-refractivity contribution in [1.29, 1.82) is 0 Å². The van der Waals surface area contributed by atoms with Gasteiger partial charge in [0.1, 0.15) is 0 Å². The highest BCUT2D eigenvalue weighted by molar-refractivity contribution is 5.68. The van der Waals surface area contributed by atoms with Gasteiger partial charge in [0.25, 0.3) is 0 Å². The Bertz CT molecular complexity index is 970. The van der Waals surface area contributed by atoms with Gasteiger partial charge in [0.15, 0.2) is 5.65 Å². The Morgan fingerprint density at radius 1 is 0.792 bits per heavy atom. The lowest BCUT2D eigenvalue weighted by atomic mass is 10.1. The molecule has 0 amide bonds. The van der Waals surface area contributed by atoms with Crippen LogP contribution in [0.25, 0.3) is 28.2 Å². The molecule has 4 heteroatoms. The van der Waals surface area contributed by atoms with Gasteiger partial charge in [0.2, 0.25) is 0 Å². The van der Waals surface area contributed by atoms with E-state index in [-0.39, 0.29) is 0 Å². The molecule has 2 aromatic heterocycles. The molecule has 4 aromatic rings. The van der Waals surface area contributed by atoms with Crippen LogP contribution in [-0.4, -0.2) is 28.5 Å². The van der Waals surface area contributed by atoms with E-state index < -0.39 is 0 Å². The van der Waals surface area contributed by atoms with Gasteiger partial charge in [-0.15, -0.1) is 0 Å². The van der Waals surface area contributed by atoms with E-state index in [1.807, 2.05) is 50.9 Å². The minimum atomic E-state index is 0.848. The molecule has 24 heavy (non-hydrogen) atoms. The molecule has 0 unspecified atom stereocenters. The van der Waals surface area contributed by atoms with Gasteiger partial charge in [-0.2, -0.15) is 0 Å². The van der Waals surface area contributed by atoms with Crippen LogP contribution in [0, 0.1) is 0 Å². The number of fused-ring (bicyclic) bond motifs is 1. The molecule has 0 aliphatic rings. The summed E-state index contributed by atoms with van der Waals surface area (Å²) in [5.41, 5.74) is 6.27. The Kier molecular flexibility index (Phi) is 3.50. The SMILES string of the molecule is CN(C)c1ccc(-c2cnc3cnc(-c4ccccc4)cn23)cc1. The third kappa shape index (κ3) is 2.52. The fourth-order valence-corrected chi connectivity index (χ4v) is 2.79. The zero-order valence-electron chi connectivity index (χ0n) is 13.7. The smallest absolute Gasteiger partial charge is 0.155 e. The van der Waals surface area contributed by atoms with Crippen LogP contribution < -0.4 is 4.90 Å². The van der Waals surface area contributed by atoms with E-state index in [9.17, 15) is 0 Å². The topological polar surface area (TPSA) is 33.4 Å². The first-order valence-electron chi connectivity index (χ1n) is 7.89. The average Bonchev–Trinajstić information content (AvgIpc) is 3.05. The van der Waals surface area contributed by atoms with Crippen molar-refractivity contribution in [2.75, 3.05) is 19.0 Å². The fourth-order valence-electron chi connectivity index (χ4n) is 2.79. The molecule has 0 atom stereocenters. The summed E-state index contributed by atoms with van der Waals surface area (Å²) in [6, 6.07) is 18.7. The summed E-state index contributed by atoms with van der Waals surface area (Å²) in [4.78, 5) is 11.1. The molecule has 0 bridgehead atoms. The van der Waals surface area contributed by atoms with Gasteiger partial charge >= 0.3 is 0 Å². The third-order valence-electron chi connectivity index (χ3n) is 4.14. The molecule has 4 nitrogen and oxygen atoms in total. The summed E-state index contributed by atoms with van der Waals surface area (Å²) in [5.74, 6) is 0. The number of anilines is 1. The lowest BCUT2D eigenvalue weighted by Crippen LogP contribution is -2.07. The maximum atomic E-state index is 4.53. The lowest BCUT2D eigenvalue weighted by molar-refractivity contribution is 1.12. The number of aromatic nitrogens is 3. The van der Waals surface area contributed by atoms with Crippen molar-refractivity contribution < 1.29 is 0 Å². The Hall–Kier alpha value is -3.14. The number of imidazole rings is 1. The number of nitrogens with zero attached hydrogens (tertiary/aromatic N) is 4. The van der Waals surface area contributed by atoms with Crippen LogP contribution in [-0.2, 0) is 0 Å². The first-order valence-corrected chi connectivity index (χ1v) is 7.89. The highest BCUT2D eigenvalue weighted by atomic mass is 15.1. The molecule has 0 saturated heterocycles. The Morgan fingerprint density at radius 2 is 1.54 bits per heavy atom. The standard InChI is InChI=1S/C20H18N4/c1-23(2)17-10-8-16(9-11-17)19-12-22-20-13-21-18(14-24(19)20)15-6-4-3-5-7-15/h3-14H,1-2H3. The Balaban J connectivity index is 1.81. The maximum Gasteiger partial charge on any atom is 0.155 e. The van der Waals surface area contributed by atoms with E-state index >= 15 is 0 Å². The molecule has 2 heterocycles. The van der Waals surface area contributed by atoms with Crippen molar-refractivity contribution in [1.82, 2.24) is 14.4 Å². The third-order valence-corrected chi connectivity index (χ3v) is 4.14. The van der Waals surface area contributed by atoms with E-state index in [4.69, 9.17) is 0 Å². The van der Waals surface area contributed by atoms with E-state index in [0.717, 1.165) is 28.2 Å². The molecule has 0 aliphatic carbocycles. The van der Waals surface area contributed by atoms with E-state index in [1.54, 1.807) is 0 Å². The molecular weight excluding hydrogens is 296 g/mol. The lowest BCUT2D eigenvalue weighted by Gasteiger charge is -2.12. The van der Waals surface area contributed by atoms with Crippen LogP contribution >= 0.6 is 0 Å². The summed E-state index contributed by atoms with van der Waals surface area (Å²) >= 11 is 0. The van der Waals surface area contributed by atoms with Gasteiger partial charge in [0, 0.05) is 37.1 Å². The summed E-state index contributed by atoms with van der Waals surface area (Å²) in [7, 11) is 4.09. The van der Waals surface area contributed by atoms with Crippen LogP contribution in [0.15, 0.2) is 73.2 Å². The maximum absolute atomic E-state index is 4.53. The Labute approximate surface area is 141 Å². The van der Waals surface area contributed by atoms with Gasteiger partial charge in [-0.25, -0.2) is 4.98 Å². The minimum absolute atomic E-state index is 0.848. The second-order valence-electron chi connectivity index (χ2n) is 5.95.